The van der Waals surface area contributed by atoms with Crippen LogP contribution in [0.4, 0.5) is 5.69 Å². The molecule has 0 spiro atoms. The number of hydrazone groups is 1. The Morgan fingerprint density at radius 1 is 1.31 bits per heavy atom. The predicted octanol–water partition coefficient (Wildman–Crippen LogP) is 1.82. The van der Waals surface area contributed by atoms with Crippen molar-refractivity contribution >= 4 is 23.3 Å². The molecule has 0 N–H and O–H groups in total. The lowest BCUT2D eigenvalue weighted by atomic mass is 9.99. The van der Waals surface area contributed by atoms with Gasteiger partial charge < -0.3 is 14.4 Å². The number of benzene rings is 1. The van der Waals surface area contributed by atoms with Crippen LogP contribution in [-0.4, -0.2) is 60.4 Å². The summed E-state index contributed by atoms with van der Waals surface area (Å²) in [5.74, 6) is -0.518. The Bertz CT molecular complexity index is 702. The number of morpholine rings is 1. The monoisotopic (exact) mass is 359 g/mol. The maximum Gasteiger partial charge on any atom is 0.354 e. The van der Waals surface area contributed by atoms with Crippen molar-refractivity contribution in [3.63, 3.8) is 0 Å². The number of hydrogen-bond donors (Lipinski definition) is 0. The molecule has 1 aromatic carbocycles. The Morgan fingerprint density at radius 2 is 2.04 bits per heavy atom. The molecule has 1 unspecified atom stereocenters. The van der Waals surface area contributed by atoms with Gasteiger partial charge in [0.05, 0.1) is 31.0 Å². The summed E-state index contributed by atoms with van der Waals surface area (Å²) in [6, 6.07) is 8.86. The van der Waals surface area contributed by atoms with E-state index >= 15 is 0 Å². The van der Waals surface area contributed by atoms with Gasteiger partial charge in [0.1, 0.15) is 11.8 Å². The molecule has 7 heteroatoms. The van der Waals surface area contributed by atoms with Crippen molar-refractivity contribution in [1.29, 1.82) is 0 Å². The summed E-state index contributed by atoms with van der Waals surface area (Å²) in [6.45, 7) is 7.53. The average molecular weight is 359 g/mol. The van der Waals surface area contributed by atoms with Gasteiger partial charge >= 0.3 is 5.97 Å². The SMILES string of the molecule is CCOC(=O)C1=NN(c2ccccc2)C(C(=O)N2CCOCC2(C)C)C1. The molecular weight excluding hydrogens is 334 g/mol. The van der Waals surface area contributed by atoms with Gasteiger partial charge in [-0.1, -0.05) is 18.2 Å². The molecule has 2 heterocycles. The summed E-state index contributed by atoms with van der Waals surface area (Å²) in [7, 11) is 0. The van der Waals surface area contributed by atoms with Crippen molar-refractivity contribution in [3.8, 4) is 0 Å². The third kappa shape index (κ3) is 3.58. The van der Waals surface area contributed by atoms with E-state index in [9.17, 15) is 9.59 Å². The molecule has 2 aliphatic rings. The van der Waals surface area contributed by atoms with Crippen molar-refractivity contribution in [2.24, 2.45) is 5.10 Å². The van der Waals surface area contributed by atoms with Crippen molar-refractivity contribution < 1.29 is 19.1 Å². The largest absolute Gasteiger partial charge is 0.461 e. The average Bonchev–Trinajstić information content (AvgIpc) is 3.07. The second-order valence-electron chi connectivity index (χ2n) is 7.02. The molecule has 1 saturated heterocycles. The van der Waals surface area contributed by atoms with Gasteiger partial charge in [0.2, 0.25) is 5.91 Å². The van der Waals surface area contributed by atoms with E-state index in [0.29, 0.717) is 19.8 Å². The first-order valence-electron chi connectivity index (χ1n) is 8.92. The highest BCUT2D eigenvalue weighted by atomic mass is 16.5. The topological polar surface area (TPSA) is 71.4 Å². The van der Waals surface area contributed by atoms with Gasteiger partial charge in [0.25, 0.3) is 0 Å². The third-order valence-electron chi connectivity index (χ3n) is 4.64. The van der Waals surface area contributed by atoms with Gasteiger partial charge in [-0.15, -0.1) is 0 Å². The Balaban J connectivity index is 1.89. The third-order valence-corrected chi connectivity index (χ3v) is 4.64. The molecule has 140 valence electrons. The number of hydrogen-bond acceptors (Lipinski definition) is 6. The smallest absolute Gasteiger partial charge is 0.354 e. The molecule has 0 bridgehead atoms. The number of nitrogens with zero attached hydrogens (tertiary/aromatic N) is 3. The lowest BCUT2D eigenvalue weighted by Crippen LogP contribution is -2.59. The summed E-state index contributed by atoms with van der Waals surface area (Å²) >= 11 is 0. The van der Waals surface area contributed by atoms with Crippen molar-refractivity contribution in [1.82, 2.24) is 4.90 Å². The first-order chi connectivity index (χ1) is 12.4. The fourth-order valence-corrected chi connectivity index (χ4v) is 3.31. The van der Waals surface area contributed by atoms with E-state index in [1.807, 2.05) is 49.1 Å². The van der Waals surface area contributed by atoms with Crippen LogP contribution in [0.15, 0.2) is 35.4 Å². The number of para-hydroxylation sites is 1. The minimum atomic E-state index is -0.561. The molecule has 1 atom stereocenters. The van der Waals surface area contributed by atoms with E-state index in [-0.39, 0.29) is 24.6 Å². The van der Waals surface area contributed by atoms with E-state index < -0.39 is 17.6 Å². The highest BCUT2D eigenvalue weighted by Gasteiger charge is 2.43. The van der Waals surface area contributed by atoms with E-state index in [2.05, 4.69) is 5.10 Å². The Labute approximate surface area is 153 Å². The van der Waals surface area contributed by atoms with E-state index in [1.165, 1.54) is 0 Å². The van der Waals surface area contributed by atoms with Gasteiger partial charge in [-0.25, -0.2) is 4.79 Å². The van der Waals surface area contributed by atoms with Gasteiger partial charge in [-0.05, 0) is 32.9 Å². The maximum absolute atomic E-state index is 13.3. The fraction of sp³-hybridized carbons (Fsp3) is 0.526. The minimum absolute atomic E-state index is 0.0507. The molecule has 1 amide bonds. The summed E-state index contributed by atoms with van der Waals surface area (Å²) < 4.78 is 10.6. The molecule has 26 heavy (non-hydrogen) atoms. The van der Waals surface area contributed by atoms with Crippen molar-refractivity contribution in [2.45, 2.75) is 38.8 Å². The number of esters is 1. The van der Waals surface area contributed by atoms with E-state index in [4.69, 9.17) is 9.47 Å². The summed E-state index contributed by atoms with van der Waals surface area (Å²) in [4.78, 5) is 27.3. The van der Waals surface area contributed by atoms with Gasteiger partial charge in [-0.2, -0.15) is 5.10 Å². The standard InChI is InChI=1S/C19H25N3O4/c1-4-26-18(24)15-12-16(22(20-15)14-8-6-5-7-9-14)17(23)21-10-11-25-13-19(21,2)3/h5-9,16H,4,10-13H2,1-3H3. The second kappa shape index (κ2) is 7.45. The van der Waals surface area contributed by atoms with Crippen LogP contribution in [0.25, 0.3) is 0 Å². The number of anilines is 1. The number of amides is 1. The molecular formula is C19H25N3O4. The number of rotatable bonds is 4. The lowest BCUT2D eigenvalue weighted by Gasteiger charge is -2.44. The fourth-order valence-electron chi connectivity index (χ4n) is 3.31. The van der Waals surface area contributed by atoms with Gasteiger partial charge in [0, 0.05) is 13.0 Å². The van der Waals surface area contributed by atoms with Crippen molar-refractivity contribution in [3.05, 3.63) is 30.3 Å². The van der Waals surface area contributed by atoms with Crippen LogP contribution in [-0.2, 0) is 19.1 Å². The van der Waals surface area contributed by atoms with Gasteiger partial charge in [-0.3, -0.25) is 9.80 Å². The lowest BCUT2D eigenvalue weighted by molar-refractivity contribution is -0.147. The Kier molecular flexibility index (Phi) is 5.27. The molecule has 0 radical (unpaired) electrons. The molecule has 0 saturated carbocycles. The van der Waals surface area contributed by atoms with Crippen LogP contribution in [0.5, 0.6) is 0 Å². The van der Waals surface area contributed by atoms with Gasteiger partial charge in [0.15, 0.2) is 0 Å². The highest BCUT2D eigenvalue weighted by Crippen LogP contribution is 2.29. The Hall–Kier alpha value is -2.41. The predicted molar refractivity (Wildman–Crippen MR) is 98.0 cm³/mol. The van der Waals surface area contributed by atoms with E-state index in [0.717, 1.165) is 5.69 Å². The number of carbonyl (C=O) groups excluding carboxylic acids is 2. The maximum atomic E-state index is 13.3. The molecule has 1 fully saturated rings. The summed E-state index contributed by atoms with van der Waals surface area (Å²) in [5.41, 5.74) is 0.654. The number of carbonyl (C=O) groups is 2. The van der Waals surface area contributed by atoms with E-state index in [1.54, 1.807) is 11.9 Å². The number of ether oxygens (including phenoxy) is 2. The summed E-state index contributed by atoms with van der Waals surface area (Å²) in [6.07, 6.45) is 0.236. The van der Waals surface area contributed by atoms with Crippen molar-refractivity contribution in [2.75, 3.05) is 31.4 Å². The first-order valence-corrected chi connectivity index (χ1v) is 8.92. The zero-order valence-electron chi connectivity index (χ0n) is 15.5. The normalized spacial score (nSPS) is 22.1. The molecule has 1 aromatic rings. The zero-order valence-corrected chi connectivity index (χ0v) is 15.5. The van der Waals surface area contributed by atoms with Crippen LogP contribution in [0.2, 0.25) is 0 Å². The minimum Gasteiger partial charge on any atom is -0.461 e. The molecule has 3 rings (SSSR count). The quantitative estimate of drug-likeness (QED) is 0.767. The summed E-state index contributed by atoms with van der Waals surface area (Å²) in [5, 5.41) is 6.06. The molecule has 7 nitrogen and oxygen atoms in total. The van der Waals surface area contributed by atoms with Crippen LogP contribution in [0.1, 0.15) is 27.2 Å². The van der Waals surface area contributed by atoms with Crippen LogP contribution < -0.4 is 5.01 Å². The second-order valence-corrected chi connectivity index (χ2v) is 7.02. The highest BCUT2D eigenvalue weighted by molar-refractivity contribution is 6.38. The van der Waals surface area contributed by atoms with Crippen LogP contribution in [0, 0.1) is 0 Å². The Morgan fingerprint density at radius 3 is 2.69 bits per heavy atom. The molecule has 2 aliphatic heterocycles. The molecule has 0 aliphatic carbocycles. The molecule has 0 aromatic heterocycles. The van der Waals surface area contributed by atoms with Crippen LogP contribution in [0.3, 0.4) is 0 Å². The van der Waals surface area contributed by atoms with Crippen LogP contribution >= 0.6 is 0 Å². The zero-order chi connectivity index (χ0) is 18.7. The first kappa shape index (κ1) is 18.4.